The molecule has 0 saturated carbocycles. The number of nitro groups is 1. The van der Waals surface area contributed by atoms with Crippen molar-refractivity contribution in [2.45, 2.75) is 51.7 Å². The molecule has 0 atom stereocenters. The zero-order chi connectivity index (χ0) is 25.8. The van der Waals surface area contributed by atoms with Crippen LogP contribution in [-0.4, -0.2) is 64.1 Å². The van der Waals surface area contributed by atoms with Crippen molar-refractivity contribution in [2.75, 3.05) is 36.9 Å². The van der Waals surface area contributed by atoms with Crippen molar-refractivity contribution in [3.63, 3.8) is 0 Å². The Labute approximate surface area is 209 Å². The van der Waals surface area contributed by atoms with Crippen LogP contribution in [0.5, 0.6) is 0 Å². The molecule has 12 nitrogen and oxygen atoms in total. The van der Waals surface area contributed by atoms with Crippen LogP contribution in [0.3, 0.4) is 0 Å². The number of ether oxygens (including phenoxy) is 2. The largest absolute Gasteiger partial charge is 0.461 e. The number of anilines is 2. The lowest BCUT2D eigenvalue weighted by Crippen LogP contribution is -2.42. The van der Waals surface area contributed by atoms with Crippen molar-refractivity contribution in [3.05, 3.63) is 52.3 Å². The first-order chi connectivity index (χ1) is 17.5. The van der Waals surface area contributed by atoms with Gasteiger partial charge in [0.25, 0.3) is 0 Å². The first kappa shape index (κ1) is 26.6. The Hall–Kier alpha value is -3.96. The molecule has 1 aliphatic heterocycles. The number of esters is 1. The molecular formula is C24H32N6O6. The predicted octanol–water partition coefficient (Wildman–Crippen LogP) is 3.74. The van der Waals surface area contributed by atoms with Gasteiger partial charge in [-0.05, 0) is 38.2 Å². The molecule has 0 unspecified atom stereocenters. The van der Waals surface area contributed by atoms with Crippen molar-refractivity contribution in [1.82, 2.24) is 14.9 Å². The molecule has 2 heterocycles. The van der Waals surface area contributed by atoms with Crippen LogP contribution in [0.25, 0.3) is 0 Å². The zero-order valence-corrected chi connectivity index (χ0v) is 20.4. The Morgan fingerprint density at radius 2 is 1.83 bits per heavy atom. The van der Waals surface area contributed by atoms with Gasteiger partial charge in [-0.1, -0.05) is 30.3 Å². The highest BCUT2D eigenvalue weighted by Crippen LogP contribution is 2.30. The Bertz CT molecular complexity index is 1010. The lowest BCUT2D eigenvalue weighted by molar-refractivity contribution is -0.383. The summed E-state index contributed by atoms with van der Waals surface area (Å²) in [6, 6.07) is 9.38. The number of hydrogen-bond acceptors (Lipinski definition) is 10. The number of aromatic nitrogens is 2. The maximum atomic E-state index is 11.9. The van der Waals surface area contributed by atoms with Crippen molar-refractivity contribution >= 4 is 29.4 Å². The number of benzene rings is 1. The van der Waals surface area contributed by atoms with Crippen LogP contribution in [0.4, 0.5) is 22.1 Å². The van der Waals surface area contributed by atoms with Crippen LogP contribution in [0, 0.1) is 10.1 Å². The lowest BCUT2D eigenvalue weighted by Gasteiger charge is -2.31. The van der Waals surface area contributed by atoms with E-state index in [0.29, 0.717) is 51.9 Å². The minimum atomic E-state index is -0.515. The summed E-state index contributed by atoms with van der Waals surface area (Å²) in [5.41, 5.74) is 0.699. The number of unbranched alkanes of at least 4 members (excludes halogenated alkanes) is 1. The highest BCUT2D eigenvalue weighted by atomic mass is 16.6. The molecule has 1 aliphatic rings. The second-order valence-electron chi connectivity index (χ2n) is 8.31. The van der Waals surface area contributed by atoms with Crippen molar-refractivity contribution in [3.8, 4) is 0 Å². The van der Waals surface area contributed by atoms with Crippen LogP contribution in [0.1, 0.15) is 44.6 Å². The van der Waals surface area contributed by atoms with Gasteiger partial charge < -0.3 is 25.0 Å². The molecule has 0 spiro atoms. The summed E-state index contributed by atoms with van der Waals surface area (Å²) in [4.78, 5) is 44.8. The quantitative estimate of drug-likeness (QED) is 0.191. The summed E-state index contributed by atoms with van der Waals surface area (Å²) >= 11 is 0. The van der Waals surface area contributed by atoms with E-state index in [4.69, 9.17) is 9.47 Å². The van der Waals surface area contributed by atoms with Gasteiger partial charge >= 0.3 is 17.7 Å². The summed E-state index contributed by atoms with van der Waals surface area (Å²) in [5.74, 6) is -0.0305. The fraction of sp³-hybridized carbons (Fsp3) is 0.500. The van der Waals surface area contributed by atoms with Gasteiger partial charge in [0, 0.05) is 32.1 Å². The molecule has 3 rings (SSSR count). The first-order valence-corrected chi connectivity index (χ1v) is 12.1. The SMILES string of the molecule is CCOC(=O)N1CCC(Nc2ncnc(NCCCCC(=O)OCc3ccccc3)c2[N+](=O)[O-])CC1. The summed E-state index contributed by atoms with van der Waals surface area (Å²) in [6.45, 7) is 3.71. The van der Waals surface area contributed by atoms with Gasteiger partial charge in [0.05, 0.1) is 11.5 Å². The van der Waals surface area contributed by atoms with Gasteiger partial charge in [-0.3, -0.25) is 14.9 Å². The topological polar surface area (TPSA) is 149 Å². The molecule has 0 aliphatic carbocycles. The summed E-state index contributed by atoms with van der Waals surface area (Å²) < 4.78 is 10.3. The lowest BCUT2D eigenvalue weighted by atomic mass is 10.1. The maximum absolute atomic E-state index is 11.9. The number of nitrogens with zero attached hydrogens (tertiary/aromatic N) is 4. The smallest absolute Gasteiger partial charge is 0.409 e. The average molecular weight is 501 g/mol. The van der Waals surface area contributed by atoms with Crippen LogP contribution < -0.4 is 10.6 Å². The second-order valence-corrected chi connectivity index (χ2v) is 8.31. The summed E-state index contributed by atoms with van der Waals surface area (Å²) in [6.07, 6.45) is 3.59. The van der Waals surface area contributed by atoms with Gasteiger partial charge in [0.2, 0.25) is 11.6 Å². The summed E-state index contributed by atoms with van der Waals surface area (Å²) in [5, 5.41) is 17.9. The number of carbonyl (C=O) groups excluding carboxylic acids is 2. The van der Waals surface area contributed by atoms with Gasteiger partial charge in [0.15, 0.2) is 0 Å². The number of amides is 1. The van der Waals surface area contributed by atoms with Gasteiger partial charge in [-0.2, -0.15) is 0 Å². The molecule has 36 heavy (non-hydrogen) atoms. The third kappa shape index (κ3) is 8.07. The molecular weight excluding hydrogens is 468 g/mol. The number of hydrogen-bond donors (Lipinski definition) is 2. The standard InChI is InChI=1S/C24H32N6O6/c1-2-35-24(32)29-14-11-19(12-15-29)28-23-21(30(33)34)22(26-17-27-23)25-13-7-6-10-20(31)36-16-18-8-4-3-5-9-18/h3-5,8-9,17,19H,2,6-7,10-16H2,1H3,(H2,25,26,27,28). The molecule has 1 aromatic carbocycles. The average Bonchev–Trinajstić information content (AvgIpc) is 2.88. The monoisotopic (exact) mass is 500 g/mol. The third-order valence-electron chi connectivity index (χ3n) is 5.71. The minimum absolute atomic E-state index is 0.0703. The highest BCUT2D eigenvalue weighted by Gasteiger charge is 2.28. The number of carbonyl (C=O) groups is 2. The highest BCUT2D eigenvalue weighted by molar-refractivity contribution is 5.70. The summed E-state index contributed by atoms with van der Waals surface area (Å²) in [7, 11) is 0. The molecule has 1 aromatic heterocycles. The van der Waals surface area contributed by atoms with E-state index in [1.165, 1.54) is 6.33 Å². The van der Waals surface area contributed by atoms with E-state index in [1.54, 1.807) is 11.8 Å². The van der Waals surface area contributed by atoms with E-state index in [-0.39, 0.29) is 48.5 Å². The van der Waals surface area contributed by atoms with E-state index >= 15 is 0 Å². The van der Waals surface area contributed by atoms with Crippen LogP contribution in [0.15, 0.2) is 36.7 Å². The van der Waals surface area contributed by atoms with Gasteiger partial charge in [-0.25, -0.2) is 14.8 Å². The van der Waals surface area contributed by atoms with E-state index < -0.39 is 4.92 Å². The van der Waals surface area contributed by atoms with Crippen molar-refractivity contribution in [2.24, 2.45) is 0 Å². The molecule has 194 valence electrons. The van der Waals surface area contributed by atoms with Crippen molar-refractivity contribution < 1.29 is 24.0 Å². The Morgan fingerprint density at radius 3 is 2.53 bits per heavy atom. The molecule has 0 bridgehead atoms. The number of piperidine rings is 1. The van der Waals surface area contributed by atoms with E-state index in [2.05, 4.69) is 20.6 Å². The van der Waals surface area contributed by atoms with E-state index in [9.17, 15) is 19.7 Å². The second kappa shape index (κ2) is 13.8. The molecule has 1 fully saturated rings. The minimum Gasteiger partial charge on any atom is -0.461 e. The number of nitrogens with one attached hydrogen (secondary N) is 2. The van der Waals surface area contributed by atoms with E-state index in [0.717, 1.165) is 5.56 Å². The molecule has 1 saturated heterocycles. The normalized spacial score (nSPS) is 13.6. The zero-order valence-electron chi connectivity index (χ0n) is 20.4. The number of rotatable bonds is 12. The van der Waals surface area contributed by atoms with Gasteiger partial charge in [0.1, 0.15) is 12.9 Å². The number of likely N-dealkylation sites (tertiary alicyclic amines) is 1. The fourth-order valence-electron chi connectivity index (χ4n) is 3.81. The van der Waals surface area contributed by atoms with Gasteiger partial charge in [-0.15, -0.1) is 0 Å². The fourth-order valence-corrected chi connectivity index (χ4v) is 3.81. The Balaban J connectivity index is 1.44. The van der Waals surface area contributed by atoms with Crippen molar-refractivity contribution in [1.29, 1.82) is 0 Å². The Morgan fingerprint density at radius 1 is 1.11 bits per heavy atom. The van der Waals surface area contributed by atoms with E-state index in [1.807, 2.05) is 30.3 Å². The van der Waals surface area contributed by atoms with Crippen LogP contribution in [0.2, 0.25) is 0 Å². The third-order valence-corrected chi connectivity index (χ3v) is 5.71. The maximum Gasteiger partial charge on any atom is 0.409 e. The molecule has 0 radical (unpaired) electrons. The molecule has 12 heteroatoms. The van der Waals surface area contributed by atoms with Crippen LogP contribution >= 0.6 is 0 Å². The Kier molecular flexibility index (Phi) is 10.2. The predicted molar refractivity (Wildman–Crippen MR) is 133 cm³/mol. The van der Waals surface area contributed by atoms with Crippen LogP contribution in [-0.2, 0) is 20.9 Å². The molecule has 2 N–H and O–H groups in total. The molecule has 1 amide bonds. The molecule has 2 aromatic rings. The first-order valence-electron chi connectivity index (χ1n) is 12.1.